The Balaban J connectivity index is 2.22. The van der Waals surface area contributed by atoms with Gasteiger partial charge in [0.1, 0.15) is 0 Å². The van der Waals surface area contributed by atoms with Crippen molar-refractivity contribution >= 4 is 11.7 Å². The van der Waals surface area contributed by atoms with E-state index in [0.29, 0.717) is 11.6 Å². The number of carboxylic acid groups (broad SMARTS) is 1. The summed E-state index contributed by atoms with van der Waals surface area (Å²) in [5.74, 6) is -0.0869. The average molecular weight is 386 g/mol. The summed E-state index contributed by atoms with van der Waals surface area (Å²) in [5.41, 5.74) is 4.76. The number of carboxylic acids is 1. The van der Waals surface area contributed by atoms with Crippen LogP contribution in [0.4, 0.5) is 0 Å². The minimum absolute atomic E-state index is 0.114. The molecule has 0 heterocycles. The summed E-state index contributed by atoms with van der Waals surface area (Å²) < 4.78 is 0. The van der Waals surface area contributed by atoms with E-state index in [9.17, 15) is 15.1 Å². The number of nitrogens with zero attached hydrogens (tertiary/aromatic N) is 1. The zero-order valence-electron chi connectivity index (χ0n) is 18.2. The monoisotopic (exact) mass is 385 g/mol. The highest BCUT2D eigenvalue weighted by atomic mass is 16.4. The molecule has 0 saturated heterocycles. The maximum Gasteiger partial charge on any atom is 0.309 e. The first-order valence-electron chi connectivity index (χ1n) is 10.7. The van der Waals surface area contributed by atoms with E-state index < -0.39 is 11.4 Å². The van der Waals surface area contributed by atoms with Crippen LogP contribution >= 0.6 is 0 Å². The molecule has 0 aromatic heterocycles. The van der Waals surface area contributed by atoms with E-state index in [4.69, 9.17) is 0 Å². The molecule has 0 bridgehead atoms. The highest BCUT2D eigenvalue weighted by Crippen LogP contribution is 2.57. The maximum atomic E-state index is 12.2. The summed E-state index contributed by atoms with van der Waals surface area (Å²) >= 11 is 0. The third-order valence-corrected chi connectivity index (χ3v) is 7.56. The fraction of sp³-hybridized carbons (Fsp3) is 0.667. The molecule has 0 unspecified atom stereocenters. The number of hydrogen-bond acceptors (Lipinski definition) is 3. The van der Waals surface area contributed by atoms with Gasteiger partial charge in [0.05, 0.1) is 11.1 Å². The standard InChI is InChI=1S/C24H35NO3/c1-14(2)17-12-16-8-9-20-23(5,10-7-11-24(20,6)22(26)27)19(16)13-18(17)21(25-28)15(3)4/h12-15,20,28H,7-11H2,1-6H3,(H,26,27)/t20-,23-,24-/m1/s1. The summed E-state index contributed by atoms with van der Waals surface area (Å²) in [6.07, 6.45) is 4.55. The molecule has 3 atom stereocenters. The van der Waals surface area contributed by atoms with E-state index in [1.54, 1.807) is 0 Å². The van der Waals surface area contributed by atoms with Crippen LogP contribution in [0.25, 0.3) is 0 Å². The van der Waals surface area contributed by atoms with Gasteiger partial charge in [-0.05, 0) is 78.5 Å². The lowest BCUT2D eigenvalue weighted by Gasteiger charge is -2.53. The quantitative estimate of drug-likeness (QED) is 0.394. The van der Waals surface area contributed by atoms with Crippen LogP contribution in [0, 0.1) is 17.3 Å². The predicted octanol–water partition coefficient (Wildman–Crippen LogP) is 5.74. The van der Waals surface area contributed by atoms with Crippen molar-refractivity contribution < 1.29 is 15.1 Å². The molecule has 2 aliphatic rings. The van der Waals surface area contributed by atoms with Crippen LogP contribution in [-0.4, -0.2) is 22.0 Å². The van der Waals surface area contributed by atoms with E-state index in [0.717, 1.165) is 37.7 Å². The van der Waals surface area contributed by atoms with Gasteiger partial charge >= 0.3 is 5.97 Å². The van der Waals surface area contributed by atoms with Crippen LogP contribution in [0.5, 0.6) is 0 Å². The van der Waals surface area contributed by atoms with Gasteiger partial charge in [-0.2, -0.15) is 0 Å². The first-order chi connectivity index (χ1) is 13.1. The van der Waals surface area contributed by atoms with Crippen LogP contribution in [0.2, 0.25) is 0 Å². The number of oxime groups is 1. The Kier molecular flexibility index (Phi) is 5.37. The van der Waals surface area contributed by atoms with Gasteiger partial charge in [-0.15, -0.1) is 0 Å². The maximum absolute atomic E-state index is 12.2. The second-order valence-corrected chi connectivity index (χ2v) is 9.98. The normalized spacial score (nSPS) is 30.3. The Hall–Kier alpha value is -1.84. The van der Waals surface area contributed by atoms with Crippen molar-refractivity contribution in [2.45, 2.75) is 85.0 Å². The molecule has 0 aliphatic heterocycles. The van der Waals surface area contributed by atoms with E-state index in [2.05, 4.69) is 38.1 Å². The summed E-state index contributed by atoms with van der Waals surface area (Å²) in [6.45, 7) is 12.7. The average Bonchev–Trinajstić information content (AvgIpc) is 2.61. The molecular formula is C24H35NO3. The molecule has 0 spiro atoms. The Bertz CT molecular complexity index is 810. The third-order valence-electron chi connectivity index (χ3n) is 7.56. The molecule has 1 aromatic rings. The fourth-order valence-electron chi connectivity index (χ4n) is 5.97. The molecule has 1 aromatic carbocycles. The molecule has 1 saturated carbocycles. The zero-order chi connectivity index (χ0) is 20.9. The number of rotatable bonds is 4. The van der Waals surface area contributed by atoms with E-state index >= 15 is 0 Å². The SMILES string of the molecule is CC(C)C(=NO)c1cc2c(cc1C(C)C)CC[C@H]1[C@](C)(C(=O)O)CCC[C@]21C. The molecule has 0 radical (unpaired) electrons. The summed E-state index contributed by atoms with van der Waals surface area (Å²) in [5, 5.41) is 23.4. The van der Waals surface area contributed by atoms with Gasteiger partial charge in [0.15, 0.2) is 0 Å². The Morgan fingerprint density at radius 2 is 1.86 bits per heavy atom. The lowest BCUT2D eigenvalue weighted by Crippen LogP contribution is -2.52. The molecule has 28 heavy (non-hydrogen) atoms. The molecule has 154 valence electrons. The number of aryl methyl sites for hydroxylation is 1. The highest BCUT2D eigenvalue weighted by Gasteiger charge is 2.55. The van der Waals surface area contributed by atoms with Crippen molar-refractivity contribution in [2.24, 2.45) is 22.4 Å². The van der Waals surface area contributed by atoms with Crippen molar-refractivity contribution in [3.8, 4) is 0 Å². The van der Waals surface area contributed by atoms with Crippen LogP contribution in [0.1, 0.15) is 95.4 Å². The minimum Gasteiger partial charge on any atom is -0.481 e. The number of benzene rings is 1. The van der Waals surface area contributed by atoms with Crippen molar-refractivity contribution in [1.29, 1.82) is 0 Å². The molecule has 3 rings (SSSR count). The molecule has 0 amide bonds. The Labute approximate surface area is 169 Å². The largest absolute Gasteiger partial charge is 0.481 e. The van der Waals surface area contributed by atoms with Crippen LogP contribution in [-0.2, 0) is 16.6 Å². The van der Waals surface area contributed by atoms with E-state index in [1.165, 1.54) is 16.7 Å². The fourth-order valence-corrected chi connectivity index (χ4v) is 5.97. The van der Waals surface area contributed by atoms with Crippen molar-refractivity contribution in [1.82, 2.24) is 0 Å². The molecule has 2 aliphatic carbocycles. The predicted molar refractivity (Wildman–Crippen MR) is 112 cm³/mol. The number of hydrogen-bond donors (Lipinski definition) is 2. The van der Waals surface area contributed by atoms with Gasteiger partial charge in [-0.25, -0.2) is 0 Å². The van der Waals surface area contributed by atoms with Gasteiger partial charge in [0, 0.05) is 5.56 Å². The molecule has 4 heteroatoms. The number of fused-ring (bicyclic) bond motifs is 3. The zero-order valence-corrected chi connectivity index (χ0v) is 18.2. The lowest BCUT2D eigenvalue weighted by atomic mass is 9.49. The van der Waals surface area contributed by atoms with Crippen molar-refractivity contribution in [3.63, 3.8) is 0 Å². The topological polar surface area (TPSA) is 69.9 Å². The summed E-state index contributed by atoms with van der Waals surface area (Å²) in [7, 11) is 0. The van der Waals surface area contributed by atoms with Gasteiger partial charge in [-0.1, -0.05) is 52.3 Å². The second-order valence-electron chi connectivity index (χ2n) is 9.98. The summed E-state index contributed by atoms with van der Waals surface area (Å²) in [6, 6.07) is 4.54. The number of carbonyl (C=O) groups is 1. The van der Waals surface area contributed by atoms with Crippen LogP contribution < -0.4 is 0 Å². The van der Waals surface area contributed by atoms with Crippen molar-refractivity contribution in [3.05, 3.63) is 34.4 Å². The second kappa shape index (κ2) is 7.20. The molecule has 4 nitrogen and oxygen atoms in total. The van der Waals surface area contributed by atoms with Crippen molar-refractivity contribution in [2.75, 3.05) is 0 Å². The molecular weight excluding hydrogens is 350 g/mol. The van der Waals surface area contributed by atoms with Gasteiger partial charge in [-0.3, -0.25) is 4.79 Å². The smallest absolute Gasteiger partial charge is 0.309 e. The lowest BCUT2D eigenvalue weighted by molar-refractivity contribution is -0.157. The highest BCUT2D eigenvalue weighted by molar-refractivity contribution is 6.03. The van der Waals surface area contributed by atoms with Gasteiger partial charge in [0.2, 0.25) is 0 Å². The van der Waals surface area contributed by atoms with E-state index in [1.807, 2.05) is 20.8 Å². The van der Waals surface area contributed by atoms with E-state index in [-0.39, 0.29) is 17.3 Å². The number of aliphatic carboxylic acids is 1. The third kappa shape index (κ3) is 3.05. The van der Waals surface area contributed by atoms with Crippen LogP contribution in [0.3, 0.4) is 0 Å². The minimum atomic E-state index is -0.673. The first-order valence-corrected chi connectivity index (χ1v) is 10.7. The van der Waals surface area contributed by atoms with Crippen LogP contribution in [0.15, 0.2) is 17.3 Å². The summed E-state index contributed by atoms with van der Waals surface area (Å²) in [4.78, 5) is 12.2. The Morgan fingerprint density at radius 1 is 1.18 bits per heavy atom. The first kappa shape index (κ1) is 20.9. The van der Waals surface area contributed by atoms with Gasteiger partial charge < -0.3 is 10.3 Å². The molecule has 1 fully saturated rings. The van der Waals surface area contributed by atoms with Gasteiger partial charge in [0.25, 0.3) is 0 Å². The molecule has 2 N–H and O–H groups in total. The Morgan fingerprint density at radius 3 is 2.39 bits per heavy atom.